The summed E-state index contributed by atoms with van der Waals surface area (Å²) in [5.41, 5.74) is -0.693. The minimum atomic E-state index is -0.860. The van der Waals surface area contributed by atoms with Crippen LogP contribution in [0.2, 0.25) is 0 Å². The Hall–Kier alpha value is -1.20. The molecule has 1 atom stereocenters. The summed E-state index contributed by atoms with van der Waals surface area (Å²) in [6, 6.07) is 2.93. The van der Waals surface area contributed by atoms with Crippen molar-refractivity contribution >= 4 is 17.5 Å². The monoisotopic (exact) mass is 303 g/mol. The zero-order valence-corrected chi connectivity index (χ0v) is 12.1. The van der Waals surface area contributed by atoms with Gasteiger partial charge >= 0.3 is 0 Å². The van der Waals surface area contributed by atoms with Gasteiger partial charge in [-0.3, -0.25) is 4.79 Å². The van der Waals surface area contributed by atoms with E-state index in [0.29, 0.717) is 19.2 Å². The van der Waals surface area contributed by atoms with Crippen LogP contribution in [0.4, 0.5) is 8.78 Å². The van der Waals surface area contributed by atoms with Crippen LogP contribution in [0.15, 0.2) is 18.2 Å². The molecule has 0 N–H and O–H groups in total. The van der Waals surface area contributed by atoms with Crippen molar-refractivity contribution in [2.45, 2.75) is 25.6 Å². The molecular weight excluding hydrogens is 288 g/mol. The van der Waals surface area contributed by atoms with Crippen LogP contribution < -0.4 is 0 Å². The van der Waals surface area contributed by atoms with Crippen LogP contribution in [0.1, 0.15) is 24.2 Å². The maximum Gasteiger partial charge on any atom is 0.257 e. The predicted molar refractivity (Wildman–Crippen MR) is 71.9 cm³/mol. The Morgan fingerprint density at radius 1 is 1.50 bits per heavy atom. The van der Waals surface area contributed by atoms with E-state index in [2.05, 4.69) is 0 Å². The first-order valence-electron chi connectivity index (χ1n) is 6.30. The summed E-state index contributed by atoms with van der Waals surface area (Å²) in [6.45, 7) is 4.30. The van der Waals surface area contributed by atoms with Gasteiger partial charge in [0, 0.05) is 19.2 Å². The van der Waals surface area contributed by atoms with Crippen molar-refractivity contribution in [1.82, 2.24) is 4.90 Å². The molecule has 1 saturated heterocycles. The third-order valence-electron chi connectivity index (χ3n) is 3.10. The van der Waals surface area contributed by atoms with Gasteiger partial charge in [0.1, 0.15) is 11.6 Å². The standard InChI is InChI=1S/C14H16ClF2NO2/c1-14(2)8-18(7-10(6-15)20-14)13(19)11-4-3-9(16)5-12(11)17/h3-5,10H,6-8H2,1-2H3. The van der Waals surface area contributed by atoms with Crippen LogP contribution in [-0.2, 0) is 4.74 Å². The fraction of sp³-hybridized carbons (Fsp3) is 0.500. The molecule has 1 aromatic rings. The van der Waals surface area contributed by atoms with Gasteiger partial charge < -0.3 is 9.64 Å². The van der Waals surface area contributed by atoms with Crippen molar-refractivity contribution in [2.24, 2.45) is 0 Å². The van der Waals surface area contributed by atoms with Crippen molar-refractivity contribution in [1.29, 1.82) is 0 Å². The molecule has 1 heterocycles. The Morgan fingerprint density at radius 2 is 2.20 bits per heavy atom. The first kappa shape index (κ1) is 15.2. The molecule has 0 bridgehead atoms. The number of hydrogen-bond donors (Lipinski definition) is 0. The summed E-state index contributed by atoms with van der Waals surface area (Å²) >= 11 is 5.79. The van der Waals surface area contributed by atoms with Crippen LogP contribution in [0.5, 0.6) is 0 Å². The number of alkyl halides is 1. The summed E-state index contributed by atoms with van der Waals surface area (Å²) in [5.74, 6) is -1.80. The average molecular weight is 304 g/mol. The summed E-state index contributed by atoms with van der Waals surface area (Å²) in [4.78, 5) is 13.8. The number of hydrogen-bond acceptors (Lipinski definition) is 2. The highest BCUT2D eigenvalue weighted by atomic mass is 35.5. The molecule has 1 aliphatic heterocycles. The minimum absolute atomic E-state index is 0.141. The van der Waals surface area contributed by atoms with Crippen molar-refractivity contribution in [3.05, 3.63) is 35.4 Å². The van der Waals surface area contributed by atoms with E-state index in [1.807, 2.05) is 13.8 Å². The Bertz CT molecular complexity index is 522. The zero-order chi connectivity index (χ0) is 14.9. The number of benzene rings is 1. The lowest BCUT2D eigenvalue weighted by atomic mass is 10.0. The van der Waals surface area contributed by atoms with Gasteiger partial charge in [0.05, 0.1) is 23.1 Å². The molecule has 20 heavy (non-hydrogen) atoms. The van der Waals surface area contributed by atoms with E-state index >= 15 is 0 Å². The van der Waals surface area contributed by atoms with E-state index in [0.717, 1.165) is 12.1 Å². The first-order chi connectivity index (χ1) is 9.32. The molecule has 1 aliphatic rings. The molecule has 2 rings (SSSR count). The van der Waals surface area contributed by atoms with Crippen LogP contribution >= 0.6 is 11.6 Å². The molecule has 110 valence electrons. The number of amides is 1. The molecular formula is C14H16ClF2NO2. The van der Waals surface area contributed by atoms with Crippen LogP contribution in [0, 0.1) is 11.6 Å². The second kappa shape index (κ2) is 5.66. The van der Waals surface area contributed by atoms with Gasteiger partial charge in [-0.25, -0.2) is 8.78 Å². The fourth-order valence-electron chi connectivity index (χ4n) is 2.36. The normalized spacial score (nSPS) is 21.9. The Balaban J connectivity index is 2.23. The van der Waals surface area contributed by atoms with E-state index in [-0.39, 0.29) is 17.5 Å². The largest absolute Gasteiger partial charge is 0.367 e. The van der Waals surface area contributed by atoms with Gasteiger partial charge in [-0.15, -0.1) is 11.6 Å². The second-order valence-corrected chi connectivity index (χ2v) is 5.77. The number of morpholine rings is 1. The number of rotatable bonds is 2. The van der Waals surface area contributed by atoms with Gasteiger partial charge in [-0.1, -0.05) is 0 Å². The van der Waals surface area contributed by atoms with Gasteiger partial charge in [-0.2, -0.15) is 0 Å². The van der Waals surface area contributed by atoms with Gasteiger partial charge in [-0.05, 0) is 26.0 Å². The molecule has 0 aromatic heterocycles. The highest BCUT2D eigenvalue weighted by Gasteiger charge is 2.36. The first-order valence-corrected chi connectivity index (χ1v) is 6.84. The Kier molecular flexibility index (Phi) is 4.30. The lowest BCUT2D eigenvalue weighted by Crippen LogP contribution is -2.55. The van der Waals surface area contributed by atoms with Crippen molar-refractivity contribution in [3.8, 4) is 0 Å². The van der Waals surface area contributed by atoms with Crippen molar-refractivity contribution in [2.75, 3.05) is 19.0 Å². The highest BCUT2D eigenvalue weighted by molar-refractivity contribution is 6.18. The molecule has 1 fully saturated rings. The third kappa shape index (κ3) is 3.27. The maximum absolute atomic E-state index is 13.7. The fourth-order valence-corrected chi connectivity index (χ4v) is 2.52. The number of carbonyl (C=O) groups is 1. The summed E-state index contributed by atoms with van der Waals surface area (Å²) < 4.78 is 32.3. The molecule has 0 aliphatic carbocycles. The van der Waals surface area contributed by atoms with Gasteiger partial charge in [0.25, 0.3) is 5.91 Å². The zero-order valence-electron chi connectivity index (χ0n) is 11.3. The number of halogens is 3. The summed E-state index contributed by atoms with van der Waals surface area (Å²) in [6.07, 6.45) is -0.298. The predicted octanol–water partition coefficient (Wildman–Crippen LogP) is 2.82. The molecule has 0 spiro atoms. The SMILES string of the molecule is CC1(C)CN(C(=O)c2ccc(F)cc2F)CC(CCl)O1. The highest BCUT2D eigenvalue weighted by Crippen LogP contribution is 2.24. The summed E-state index contributed by atoms with van der Waals surface area (Å²) in [5, 5.41) is 0. The van der Waals surface area contributed by atoms with Gasteiger partial charge in [0.15, 0.2) is 0 Å². The molecule has 6 heteroatoms. The van der Waals surface area contributed by atoms with E-state index in [1.165, 1.54) is 4.90 Å². The van der Waals surface area contributed by atoms with Crippen LogP contribution in [0.3, 0.4) is 0 Å². The summed E-state index contributed by atoms with van der Waals surface area (Å²) in [7, 11) is 0. The van der Waals surface area contributed by atoms with E-state index in [4.69, 9.17) is 16.3 Å². The molecule has 0 radical (unpaired) electrons. The lowest BCUT2D eigenvalue weighted by molar-refractivity contribution is -0.117. The minimum Gasteiger partial charge on any atom is -0.367 e. The lowest BCUT2D eigenvalue weighted by Gasteiger charge is -2.42. The quantitative estimate of drug-likeness (QED) is 0.786. The smallest absolute Gasteiger partial charge is 0.257 e. The molecule has 0 saturated carbocycles. The Morgan fingerprint density at radius 3 is 2.80 bits per heavy atom. The third-order valence-corrected chi connectivity index (χ3v) is 3.45. The van der Waals surface area contributed by atoms with Crippen molar-refractivity contribution < 1.29 is 18.3 Å². The van der Waals surface area contributed by atoms with E-state index < -0.39 is 23.1 Å². The molecule has 1 amide bonds. The van der Waals surface area contributed by atoms with E-state index in [9.17, 15) is 13.6 Å². The van der Waals surface area contributed by atoms with Crippen LogP contribution in [-0.4, -0.2) is 41.5 Å². The number of carbonyl (C=O) groups excluding carboxylic acids is 1. The van der Waals surface area contributed by atoms with Gasteiger partial charge in [0.2, 0.25) is 0 Å². The number of nitrogens with zero attached hydrogens (tertiary/aromatic N) is 1. The maximum atomic E-state index is 13.7. The number of ether oxygens (including phenoxy) is 1. The van der Waals surface area contributed by atoms with E-state index in [1.54, 1.807) is 0 Å². The van der Waals surface area contributed by atoms with Crippen molar-refractivity contribution in [3.63, 3.8) is 0 Å². The molecule has 1 aromatic carbocycles. The average Bonchev–Trinajstić information content (AvgIpc) is 2.36. The second-order valence-electron chi connectivity index (χ2n) is 5.46. The molecule has 1 unspecified atom stereocenters. The molecule has 3 nitrogen and oxygen atoms in total. The van der Waals surface area contributed by atoms with Crippen LogP contribution in [0.25, 0.3) is 0 Å². The Labute approximate surface area is 121 Å². The topological polar surface area (TPSA) is 29.5 Å².